The molecule has 0 spiro atoms. The predicted octanol–water partition coefficient (Wildman–Crippen LogP) is 3.87. The summed E-state index contributed by atoms with van der Waals surface area (Å²) in [6.45, 7) is 2.12. The molecule has 19 heavy (non-hydrogen) atoms. The largest absolute Gasteiger partial charge is 0.490 e. The average molecular weight is 280 g/mol. The van der Waals surface area contributed by atoms with E-state index >= 15 is 0 Å². The van der Waals surface area contributed by atoms with Gasteiger partial charge in [-0.15, -0.1) is 0 Å². The molecule has 0 saturated heterocycles. The number of hydrogen-bond donors (Lipinski definition) is 1. The van der Waals surface area contributed by atoms with E-state index in [1.807, 2.05) is 19.1 Å². The molecule has 2 nitrogen and oxygen atoms in total. The Balaban J connectivity index is 2.04. The quantitative estimate of drug-likeness (QED) is 0.922. The number of benzene rings is 2. The number of halogens is 2. The normalized spacial score (nSPS) is 12.2. The molecule has 0 bridgehead atoms. The van der Waals surface area contributed by atoms with E-state index in [2.05, 4.69) is 0 Å². The molecule has 0 fully saturated rings. The van der Waals surface area contributed by atoms with Crippen LogP contribution in [0.1, 0.15) is 17.2 Å². The van der Waals surface area contributed by atoms with Crippen LogP contribution < -0.4 is 10.5 Å². The van der Waals surface area contributed by atoms with Crippen molar-refractivity contribution in [3.05, 3.63) is 64.4 Å². The molecule has 0 aliphatic carbocycles. The van der Waals surface area contributed by atoms with Gasteiger partial charge < -0.3 is 10.5 Å². The van der Waals surface area contributed by atoms with Crippen molar-refractivity contribution in [1.29, 1.82) is 0 Å². The number of aryl methyl sites for hydroxylation is 1. The highest BCUT2D eigenvalue weighted by Gasteiger charge is 2.12. The summed E-state index contributed by atoms with van der Waals surface area (Å²) in [5.74, 6) is 0.229. The molecule has 4 heteroatoms. The maximum absolute atomic E-state index is 13.5. The van der Waals surface area contributed by atoms with E-state index in [9.17, 15) is 4.39 Å². The van der Waals surface area contributed by atoms with Crippen molar-refractivity contribution in [3.8, 4) is 5.75 Å². The minimum Gasteiger partial charge on any atom is -0.490 e. The zero-order valence-electron chi connectivity index (χ0n) is 10.6. The SMILES string of the molecule is Cc1ccc(OCC(N)c2ccccc2F)c(Cl)c1. The summed E-state index contributed by atoms with van der Waals surface area (Å²) in [7, 11) is 0. The maximum Gasteiger partial charge on any atom is 0.138 e. The van der Waals surface area contributed by atoms with E-state index in [1.54, 1.807) is 24.3 Å². The third-order valence-electron chi connectivity index (χ3n) is 2.81. The Morgan fingerprint density at radius 3 is 2.68 bits per heavy atom. The molecule has 0 amide bonds. The molecular weight excluding hydrogens is 265 g/mol. The molecule has 2 rings (SSSR count). The summed E-state index contributed by atoms with van der Waals surface area (Å²) in [5.41, 5.74) is 7.40. The zero-order valence-corrected chi connectivity index (χ0v) is 11.3. The van der Waals surface area contributed by atoms with Gasteiger partial charge in [0.05, 0.1) is 11.1 Å². The number of hydrogen-bond acceptors (Lipinski definition) is 2. The molecule has 0 heterocycles. The number of ether oxygens (including phenoxy) is 1. The Morgan fingerprint density at radius 2 is 2.00 bits per heavy atom. The fraction of sp³-hybridized carbons (Fsp3) is 0.200. The molecule has 1 atom stereocenters. The van der Waals surface area contributed by atoms with Crippen LogP contribution in [0.5, 0.6) is 5.75 Å². The summed E-state index contributed by atoms with van der Waals surface area (Å²) >= 11 is 6.05. The Kier molecular flexibility index (Phi) is 4.40. The van der Waals surface area contributed by atoms with Gasteiger partial charge in [0.2, 0.25) is 0 Å². The molecule has 2 N–H and O–H groups in total. The predicted molar refractivity (Wildman–Crippen MR) is 75.0 cm³/mol. The molecule has 1 unspecified atom stereocenters. The van der Waals surface area contributed by atoms with Crippen LogP contribution in [0, 0.1) is 12.7 Å². The molecular formula is C15H15ClFNO. The van der Waals surface area contributed by atoms with Crippen molar-refractivity contribution >= 4 is 11.6 Å². The fourth-order valence-electron chi connectivity index (χ4n) is 1.77. The van der Waals surface area contributed by atoms with Crippen LogP contribution in [-0.2, 0) is 0 Å². The van der Waals surface area contributed by atoms with Crippen molar-refractivity contribution in [1.82, 2.24) is 0 Å². The first-order valence-corrected chi connectivity index (χ1v) is 6.34. The highest BCUT2D eigenvalue weighted by molar-refractivity contribution is 6.32. The lowest BCUT2D eigenvalue weighted by Gasteiger charge is -2.15. The lowest BCUT2D eigenvalue weighted by Crippen LogP contribution is -2.20. The van der Waals surface area contributed by atoms with Crippen molar-refractivity contribution < 1.29 is 9.13 Å². The van der Waals surface area contributed by atoms with Gasteiger partial charge >= 0.3 is 0 Å². The molecule has 2 aromatic carbocycles. The molecule has 0 radical (unpaired) electrons. The lowest BCUT2D eigenvalue weighted by molar-refractivity contribution is 0.288. The second kappa shape index (κ2) is 6.04. The van der Waals surface area contributed by atoms with Crippen molar-refractivity contribution in [2.24, 2.45) is 5.73 Å². The highest BCUT2D eigenvalue weighted by atomic mass is 35.5. The van der Waals surface area contributed by atoms with Crippen LogP contribution in [0.3, 0.4) is 0 Å². The molecule has 0 saturated carbocycles. The molecule has 2 aromatic rings. The first-order valence-electron chi connectivity index (χ1n) is 5.97. The second-order valence-corrected chi connectivity index (χ2v) is 4.78. The van der Waals surface area contributed by atoms with Gasteiger partial charge in [-0.1, -0.05) is 35.9 Å². The van der Waals surface area contributed by atoms with Crippen LogP contribution in [-0.4, -0.2) is 6.61 Å². The lowest BCUT2D eigenvalue weighted by atomic mass is 10.1. The van der Waals surface area contributed by atoms with Crippen LogP contribution in [0.15, 0.2) is 42.5 Å². The van der Waals surface area contributed by atoms with E-state index in [4.69, 9.17) is 22.1 Å². The Morgan fingerprint density at radius 1 is 1.26 bits per heavy atom. The van der Waals surface area contributed by atoms with E-state index in [1.165, 1.54) is 6.07 Å². The van der Waals surface area contributed by atoms with Crippen molar-refractivity contribution in [3.63, 3.8) is 0 Å². The van der Waals surface area contributed by atoms with Gasteiger partial charge in [0.1, 0.15) is 18.2 Å². The van der Waals surface area contributed by atoms with Gasteiger partial charge in [0.25, 0.3) is 0 Å². The van der Waals surface area contributed by atoms with Crippen molar-refractivity contribution in [2.75, 3.05) is 6.61 Å². The summed E-state index contributed by atoms with van der Waals surface area (Å²) in [6.07, 6.45) is 0. The highest BCUT2D eigenvalue weighted by Crippen LogP contribution is 2.26. The second-order valence-electron chi connectivity index (χ2n) is 4.37. The zero-order chi connectivity index (χ0) is 13.8. The van der Waals surface area contributed by atoms with Gasteiger partial charge in [-0.2, -0.15) is 0 Å². The van der Waals surface area contributed by atoms with Gasteiger partial charge in [-0.05, 0) is 30.7 Å². The van der Waals surface area contributed by atoms with Crippen LogP contribution in [0.2, 0.25) is 5.02 Å². The van der Waals surface area contributed by atoms with E-state index < -0.39 is 6.04 Å². The van der Waals surface area contributed by atoms with E-state index in [0.717, 1.165) is 5.56 Å². The summed E-state index contributed by atoms with van der Waals surface area (Å²) < 4.78 is 19.1. The van der Waals surface area contributed by atoms with Gasteiger partial charge in [0.15, 0.2) is 0 Å². The minimum absolute atomic E-state index is 0.170. The summed E-state index contributed by atoms with van der Waals surface area (Å²) in [6, 6.07) is 11.4. The maximum atomic E-state index is 13.5. The van der Waals surface area contributed by atoms with Gasteiger partial charge in [0, 0.05) is 5.56 Å². The monoisotopic (exact) mass is 279 g/mol. The van der Waals surface area contributed by atoms with Gasteiger partial charge in [-0.3, -0.25) is 0 Å². The van der Waals surface area contributed by atoms with Crippen LogP contribution in [0.4, 0.5) is 4.39 Å². The standard InChI is InChI=1S/C15H15ClFNO/c1-10-6-7-15(12(16)8-10)19-9-14(18)11-4-2-3-5-13(11)17/h2-8,14H,9,18H2,1H3. The molecule has 100 valence electrons. The molecule has 0 aliphatic rings. The van der Waals surface area contributed by atoms with Crippen LogP contribution in [0.25, 0.3) is 0 Å². The van der Waals surface area contributed by atoms with Gasteiger partial charge in [-0.25, -0.2) is 4.39 Å². The molecule has 0 aromatic heterocycles. The smallest absolute Gasteiger partial charge is 0.138 e. The number of nitrogens with two attached hydrogens (primary N) is 1. The summed E-state index contributed by atoms with van der Waals surface area (Å²) in [4.78, 5) is 0. The Bertz CT molecular complexity index is 574. The Labute approximate surface area is 117 Å². The third kappa shape index (κ3) is 3.46. The average Bonchev–Trinajstić information content (AvgIpc) is 2.38. The first-order chi connectivity index (χ1) is 9.08. The van der Waals surface area contributed by atoms with Crippen molar-refractivity contribution in [2.45, 2.75) is 13.0 Å². The van der Waals surface area contributed by atoms with Crippen LogP contribution >= 0.6 is 11.6 Å². The van der Waals surface area contributed by atoms with E-state index in [-0.39, 0.29) is 12.4 Å². The third-order valence-corrected chi connectivity index (χ3v) is 3.11. The Hall–Kier alpha value is -1.58. The topological polar surface area (TPSA) is 35.2 Å². The van der Waals surface area contributed by atoms with E-state index in [0.29, 0.717) is 16.3 Å². The fourth-order valence-corrected chi connectivity index (χ4v) is 2.06. The first kappa shape index (κ1) is 13.8. The summed E-state index contributed by atoms with van der Waals surface area (Å²) in [5, 5.41) is 0.528. The molecule has 0 aliphatic heterocycles. The minimum atomic E-state index is -0.529. The number of rotatable bonds is 4.